The average Bonchev–Trinajstić information content (AvgIpc) is 3.30. The second kappa shape index (κ2) is 6.92. The zero-order chi connectivity index (χ0) is 17.2. The molecule has 1 amide bonds. The van der Waals surface area contributed by atoms with Gasteiger partial charge in [-0.2, -0.15) is 0 Å². The lowest BCUT2D eigenvalue weighted by atomic mass is 10.0. The second-order valence-corrected chi connectivity index (χ2v) is 7.19. The fraction of sp³-hybridized carbons (Fsp3) is 0.263. The van der Waals surface area contributed by atoms with Crippen LogP contribution in [0, 0.1) is 5.92 Å². The first-order chi connectivity index (χ1) is 12.2. The van der Waals surface area contributed by atoms with Gasteiger partial charge in [0, 0.05) is 30.9 Å². The van der Waals surface area contributed by atoms with Crippen molar-refractivity contribution >= 4 is 28.1 Å². The van der Waals surface area contributed by atoms with Crippen LogP contribution in [0.3, 0.4) is 0 Å². The lowest BCUT2D eigenvalue weighted by Crippen LogP contribution is -2.34. The Kier molecular flexibility index (Phi) is 4.48. The maximum Gasteiger partial charge on any atom is 0.252 e. The van der Waals surface area contributed by atoms with E-state index in [2.05, 4.69) is 10.6 Å². The molecule has 1 aliphatic rings. The summed E-state index contributed by atoms with van der Waals surface area (Å²) in [5.74, 6) is -0.0793. The molecule has 0 saturated carbocycles. The Labute approximate surface area is 149 Å². The molecule has 0 spiro atoms. The Morgan fingerprint density at radius 3 is 2.92 bits per heavy atom. The van der Waals surface area contributed by atoms with E-state index < -0.39 is 6.10 Å². The molecule has 2 aromatic heterocycles. The molecule has 1 aliphatic heterocycles. The van der Waals surface area contributed by atoms with E-state index in [4.69, 9.17) is 4.98 Å². The average molecular weight is 353 g/mol. The van der Waals surface area contributed by atoms with Crippen molar-refractivity contribution < 1.29 is 9.90 Å². The van der Waals surface area contributed by atoms with Crippen molar-refractivity contribution in [1.29, 1.82) is 0 Å². The predicted octanol–water partition coefficient (Wildman–Crippen LogP) is 2.27. The number of nitrogens with one attached hydrogen (secondary N) is 2. The number of aliphatic hydroxyl groups is 1. The van der Waals surface area contributed by atoms with E-state index >= 15 is 0 Å². The van der Waals surface area contributed by atoms with Gasteiger partial charge in [-0.15, -0.1) is 11.3 Å². The molecule has 0 radical (unpaired) electrons. The number of fused-ring (bicyclic) bond motifs is 1. The molecular formula is C19H19N3O2S. The third-order valence-corrected chi connectivity index (χ3v) is 5.46. The minimum absolute atomic E-state index is 0.0498. The first-order valence-electron chi connectivity index (χ1n) is 8.33. The number of nitrogens with zero attached hydrogens (tertiary/aromatic N) is 1. The zero-order valence-electron chi connectivity index (χ0n) is 13.6. The molecule has 5 nitrogen and oxygen atoms in total. The number of hydrogen-bond acceptors (Lipinski definition) is 5. The lowest BCUT2D eigenvalue weighted by Gasteiger charge is -2.15. The standard InChI is InChI=1S/C19H19N3O2S/c23-17-11-20-9-12(17)10-21-19(24)14-8-16(18-6-3-7-25-18)22-15-5-2-1-4-13(14)15/h1-8,12,17,20,23H,9-11H2,(H,21,24). The number of hydrogen-bond donors (Lipinski definition) is 3. The lowest BCUT2D eigenvalue weighted by molar-refractivity contribution is 0.0928. The fourth-order valence-corrected chi connectivity index (χ4v) is 3.85. The highest BCUT2D eigenvalue weighted by Crippen LogP contribution is 2.27. The van der Waals surface area contributed by atoms with Gasteiger partial charge in [0.2, 0.25) is 0 Å². The number of carbonyl (C=O) groups excluding carboxylic acids is 1. The largest absolute Gasteiger partial charge is 0.391 e. The summed E-state index contributed by atoms with van der Waals surface area (Å²) < 4.78 is 0. The van der Waals surface area contributed by atoms with Crippen molar-refractivity contribution in [2.75, 3.05) is 19.6 Å². The van der Waals surface area contributed by atoms with Crippen LogP contribution in [-0.4, -0.2) is 41.7 Å². The molecule has 3 N–H and O–H groups in total. The Morgan fingerprint density at radius 1 is 1.28 bits per heavy atom. The summed E-state index contributed by atoms with van der Waals surface area (Å²) in [5, 5.41) is 18.8. The number of β-amino-alcohol motifs (C(OH)–C–C–N with tert-alkyl or cyclic N) is 1. The van der Waals surface area contributed by atoms with Crippen LogP contribution in [0.4, 0.5) is 0 Å². The van der Waals surface area contributed by atoms with Crippen LogP contribution in [0.15, 0.2) is 47.8 Å². The van der Waals surface area contributed by atoms with Crippen LogP contribution < -0.4 is 10.6 Å². The molecule has 4 rings (SSSR count). The van der Waals surface area contributed by atoms with E-state index in [1.54, 1.807) is 11.3 Å². The summed E-state index contributed by atoms with van der Waals surface area (Å²) in [7, 11) is 0. The highest BCUT2D eigenvalue weighted by molar-refractivity contribution is 7.13. The summed E-state index contributed by atoms with van der Waals surface area (Å²) in [4.78, 5) is 18.5. The number of benzene rings is 1. The number of aliphatic hydroxyl groups excluding tert-OH is 1. The molecule has 6 heteroatoms. The van der Waals surface area contributed by atoms with Crippen molar-refractivity contribution in [3.8, 4) is 10.6 Å². The maximum absolute atomic E-state index is 12.8. The van der Waals surface area contributed by atoms with Gasteiger partial charge in [0.15, 0.2) is 0 Å². The van der Waals surface area contributed by atoms with E-state index in [-0.39, 0.29) is 11.8 Å². The van der Waals surface area contributed by atoms with Gasteiger partial charge in [-0.25, -0.2) is 4.98 Å². The number of rotatable bonds is 4. The number of aromatic nitrogens is 1. The van der Waals surface area contributed by atoms with E-state index in [9.17, 15) is 9.90 Å². The van der Waals surface area contributed by atoms with E-state index in [0.717, 1.165) is 28.0 Å². The molecule has 1 saturated heterocycles. The Balaban J connectivity index is 1.66. The van der Waals surface area contributed by atoms with Gasteiger partial charge in [-0.3, -0.25) is 4.79 Å². The summed E-state index contributed by atoms with van der Waals surface area (Å²) in [6.07, 6.45) is -0.406. The third-order valence-electron chi connectivity index (χ3n) is 4.56. The van der Waals surface area contributed by atoms with Gasteiger partial charge in [0.25, 0.3) is 5.91 Å². The fourth-order valence-electron chi connectivity index (χ4n) is 3.16. The van der Waals surface area contributed by atoms with Crippen molar-refractivity contribution in [3.63, 3.8) is 0 Å². The third kappa shape index (κ3) is 3.28. The highest BCUT2D eigenvalue weighted by Gasteiger charge is 2.25. The van der Waals surface area contributed by atoms with Crippen molar-refractivity contribution in [2.45, 2.75) is 6.10 Å². The smallest absolute Gasteiger partial charge is 0.252 e. The van der Waals surface area contributed by atoms with Crippen molar-refractivity contribution in [3.05, 3.63) is 53.4 Å². The number of thiophene rings is 1. The predicted molar refractivity (Wildman–Crippen MR) is 99.8 cm³/mol. The molecule has 2 atom stereocenters. The number of para-hydroxylation sites is 1. The monoisotopic (exact) mass is 353 g/mol. The van der Waals surface area contributed by atoms with Gasteiger partial charge in [0.1, 0.15) is 0 Å². The molecule has 128 valence electrons. The van der Waals surface area contributed by atoms with Crippen molar-refractivity contribution in [2.24, 2.45) is 5.92 Å². The Hall–Kier alpha value is -2.28. The van der Waals surface area contributed by atoms with Crippen molar-refractivity contribution in [1.82, 2.24) is 15.6 Å². The van der Waals surface area contributed by atoms with Gasteiger partial charge in [-0.1, -0.05) is 24.3 Å². The van der Waals surface area contributed by atoms with Gasteiger partial charge in [-0.05, 0) is 23.6 Å². The first-order valence-corrected chi connectivity index (χ1v) is 9.21. The minimum atomic E-state index is -0.406. The summed E-state index contributed by atoms with van der Waals surface area (Å²) in [5.41, 5.74) is 2.23. The van der Waals surface area contributed by atoms with Crippen LogP contribution in [0.25, 0.3) is 21.5 Å². The number of pyridine rings is 1. The number of amides is 1. The van der Waals surface area contributed by atoms with Crippen LogP contribution in [0.5, 0.6) is 0 Å². The summed E-state index contributed by atoms with van der Waals surface area (Å²) in [6, 6.07) is 13.5. The molecule has 1 aromatic carbocycles. The molecule has 2 unspecified atom stereocenters. The van der Waals surface area contributed by atoms with Gasteiger partial charge < -0.3 is 15.7 Å². The van der Waals surface area contributed by atoms with E-state index in [1.807, 2.05) is 47.8 Å². The molecule has 3 heterocycles. The number of carbonyl (C=O) groups is 1. The molecule has 1 fully saturated rings. The summed E-state index contributed by atoms with van der Waals surface area (Å²) >= 11 is 1.60. The quantitative estimate of drug-likeness (QED) is 0.673. The van der Waals surface area contributed by atoms with E-state index in [1.165, 1.54) is 0 Å². The molecule has 25 heavy (non-hydrogen) atoms. The van der Waals surface area contributed by atoms with Crippen LogP contribution in [0.1, 0.15) is 10.4 Å². The summed E-state index contributed by atoms with van der Waals surface area (Å²) in [6.45, 7) is 1.76. The van der Waals surface area contributed by atoms with Gasteiger partial charge >= 0.3 is 0 Å². The van der Waals surface area contributed by atoms with Gasteiger partial charge in [0.05, 0.1) is 27.8 Å². The second-order valence-electron chi connectivity index (χ2n) is 6.25. The molecular weight excluding hydrogens is 334 g/mol. The zero-order valence-corrected chi connectivity index (χ0v) is 14.4. The SMILES string of the molecule is O=C(NCC1CNCC1O)c1cc(-c2cccs2)nc2ccccc12. The Morgan fingerprint density at radius 2 is 2.16 bits per heavy atom. The Bertz CT molecular complexity index is 895. The highest BCUT2D eigenvalue weighted by atomic mass is 32.1. The maximum atomic E-state index is 12.8. The van der Waals surface area contributed by atoms with Crippen LogP contribution >= 0.6 is 11.3 Å². The van der Waals surface area contributed by atoms with Crippen LogP contribution in [-0.2, 0) is 0 Å². The van der Waals surface area contributed by atoms with E-state index in [0.29, 0.717) is 18.7 Å². The normalized spacial score (nSPS) is 20.0. The molecule has 0 bridgehead atoms. The molecule has 0 aliphatic carbocycles. The first kappa shape index (κ1) is 16.2. The molecule has 3 aromatic rings. The van der Waals surface area contributed by atoms with Crippen LogP contribution in [0.2, 0.25) is 0 Å². The topological polar surface area (TPSA) is 74.2 Å². The minimum Gasteiger partial charge on any atom is -0.391 e.